The Bertz CT molecular complexity index is 401. The number of nitrogens with one attached hydrogen (secondary N) is 2. The number of benzene rings is 1. The van der Waals surface area contributed by atoms with Crippen molar-refractivity contribution < 1.29 is 14.6 Å². The van der Waals surface area contributed by atoms with Gasteiger partial charge in [0, 0.05) is 19.3 Å². The van der Waals surface area contributed by atoms with Crippen molar-refractivity contribution in [2.24, 2.45) is 0 Å². The summed E-state index contributed by atoms with van der Waals surface area (Å²) in [6.07, 6.45) is -0.0831. The van der Waals surface area contributed by atoms with E-state index in [0.29, 0.717) is 13.0 Å². The standard InChI is InChI=1S/C14H22N2O3/c1-10-6-11(2)8-12(7-10)16-14(18)15-5-4-13(17)9-19-3/h6-8,13,17H,4-5,9H2,1-3H3,(H2,15,16,18). The summed E-state index contributed by atoms with van der Waals surface area (Å²) in [5, 5.41) is 14.9. The SMILES string of the molecule is COCC(O)CCNC(=O)Nc1cc(C)cc(C)c1. The van der Waals surface area contributed by atoms with Gasteiger partial charge in [0.15, 0.2) is 0 Å². The van der Waals surface area contributed by atoms with Gasteiger partial charge in [-0.1, -0.05) is 6.07 Å². The number of anilines is 1. The molecule has 2 amide bonds. The van der Waals surface area contributed by atoms with Crippen LogP contribution >= 0.6 is 0 Å². The molecular weight excluding hydrogens is 244 g/mol. The monoisotopic (exact) mass is 266 g/mol. The number of ether oxygens (including phenoxy) is 1. The minimum atomic E-state index is -0.550. The number of rotatable bonds is 6. The van der Waals surface area contributed by atoms with Gasteiger partial charge in [0.2, 0.25) is 0 Å². The molecule has 0 aliphatic heterocycles. The van der Waals surface area contributed by atoms with Crippen LogP contribution in [0.1, 0.15) is 17.5 Å². The third kappa shape index (κ3) is 6.22. The van der Waals surface area contributed by atoms with Gasteiger partial charge in [-0.2, -0.15) is 0 Å². The van der Waals surface area contributed by atoms with Crippen molar-refractivity contribution in [3.8, 4) is 0 Å². The molecular formula is C14H22N2O3. The van der Waals surface area contributed by atoms with Crippen LogP contribution in [0.5, 0.6) is 0 Å². The summed E-state index contributed by atoms with van der Waals surface area (Å²) < 4.78 is 4.80. The largest absolute Gasteiger partial charge is 0.391 e. The van der Waals surface area contributed by atoms with Crippen molar-refractivity contribution >= 4 is 11.7 Å². The molecule has 106 valence electrons. The molecule has 0 aliphatic carbocycles. The lowest BCUT2D eigenvalue weighted by molar-refractivity contribution is 0.0599. The first-order chi connectivity index (χ1) is 9.01. The highest BCUT2D eigenvalue weighted by Crippen LogP contribution is 2.13. The summed E-state index contributed by atoms with van der Waals surface area (Å²) in [7, 11) is 1.53. The van der Waals surface area contributed by atoms with Gasteiger partial charge in [-0.25, -0.2) is 4.79 Å². The molecule has 0 fully saturated rings. The Morgan fingerprint density at radius 2 is 1.95 bits per heavy atom. The minimum absolute atomic E-state index is 0.269. The molecule has 0 saturated heterocycles. The van der Waals surface area contributed by atoms with E-state index in [1.165, 1.54) is 7.11 Å². The van der Waals surface area contributed by atoms with Crippen molar-refractivity contribution in [1.82, 2.24) is 5.32 Å². The molecule has 0 saturated carbocycles. The van der Waals surface area contributed by atoms with Crippen molar-refractivity contribution in [1.29, 1.82) is 0 Å². The maximum Gasteiger partial charge on any atom is 0.319 e. The van der Waals surface area contributed by atoms with E-state index < -0.39 is 6.10 Å². The van der Waals surface area contributed by atoms with Crippen LogP contribution in [0.2, 0.25) is 0 Å². The van der Waals surface area contributed by atoms with Crippen molar-refractivity contribution in [2.75, 3.05) is 25.6 Å². The molecule has 5 nitrogen and oxygen atoms in total. The summed E-state index contributed by atoms with van der Waals surface area (Å²) in [5.41, 5.74) is 2.98. The summed E-state index contributed by atoms with van der Waals surface area (Å²) in [4.78, 5) is 11.6. The molecule has 0 bridgehead atoms. The van der Waals surface area contributed by atoms with Gasteiger partial charge in [-0.05, 0) is 43.5 Å². The fraction of sp³-hybridized carbons (Fsp3) is 0.500. The second kappa shape index (κ2) is 7.76. The fourth-order valence-electron chi connectivity index (χ4n) is 1.85. The number of hydrogen-bond acceptors (Lipinski definition) is 3. The highest BCUT2D eigenvalue weighted by Gasteiger charge is 2.05. The average molecular weight is 266 g/mol. The van der Waals surface area contributed by atoms with E-state index in [-0.39, 0.29) is 12.6 Å². The second-order valence-corrected chi connectivity index (χ2v) is 4.66. The molecule has 1 unspecified atom stereocenters. The molecule has 5 heteroatoms. The lowest BCUT2D eigenvalue weighted by Gasteiger charge is -2.11. The van der Waals surface area contributed by atoms with Gasteiger partial charge in [0.1, 0.15) is 0 Å². The zero-order valence-corrected chi connectivity index (χ0v) is 11.7. The maximum absolute atomic E-state index is 11.6. The van der Waals surface area contributed by atoms with E-state index in [1.54, 1.807) is 0 Å². The average Bonchev–Trinajstić information content (AvgIpc) is 2.27. The molecule has 1 rings (SSSR count). The number of urea groups is 1. The second-order valence-electron chi connectivity index (χ2n) is 4.66. The number of aliphatic hydroxyl groups is 1. The summed E-state index contributed by atoms with van der Waals surface area (Å²) in [6, 6.07) is 5.60. The number of carbonyl (C=O) groups excluding carboxylic acids is 1. The van der Waals surface area contributed by atoms with Crippen LogP contribution in [0.3, 0.4) is 0 Å². The van der Waals surface area contributed by atoms with Gasteiger partial charge in [0.25, 0.3) is 0 Å². The Labute approximate surface area is 114 Å². The van der Waals surface area contributed by atoms with Crippen LogP contribution in [0.4, 0.5) is 10.5 Å². The van der Waals surface area contributed by atoms with E-state index in [0.717, 1.165) is 16.8 Å². The molecule has 0 aromatic heterocycles. The molecule has 19 heavy (non-hydrogen) atoms. The summed E-state index contributed by atoms with van der Waals surface area (Å²) in [6.45, 7) is 4.65. The zero-order valence-electron chi connectivity index (χ0n) is 11.7. The quantitative estimate of drug-likeness (QED) is 0.735. The number of amides is 2. The van der Waals surface area contributed by atoms with Crippen LogP contribution in [0.15, 0.2) is 18.2 Å². The molecule has 3 N–H and O–H groups in total. The number of aryl methyl sites for hydroxylation is 2. The van der Waals surface area contributed by atoms with Crippen molar-refractivity contribution in [3.63, 3.8) is 0 Å². The van der Waals surface area contributed by atoms with E-state index in [1.807, 2.05) is 32.0 Å². The Morgan fingerprint density at radius 1 is 1.32 bits per heavy atom. The van der Waals surface area contributed by atoms with E-state index in [4.69, 9.17) is 4.74 Å². The highest BCUT2D eigenvalue weighted by molar-refractivity contribution is 5.89. The molecule has 0 spiro atoms. The lowest BCUT2D eigenvalue weighted by atomic mass is 10.1. The first-order valence-corrected chi connectivity index (χ1v) is 6.31. The highest BCUT2D eigenvalue weighted by atomic mass is 16.5. The van der Waals surface area contributed by atoms with Crippen LogP contribution in [-0.4, -0.2) is 37.5 Å². The molecule has 1 aromatic carbocycles. The first-order valence-electron chi connectivity index (χ1n) is 6.31. The maximum atomic E-state index is 11.6. The van der Waals surface area contributed by atoms with Gasteiger partial charge >= 0.3 is 6.03 Å². The fourth-order valence-corrected chi connectivity index (χ4v) is 1.85. The molecule has 0 aliphatic rings. The van der Waals surface area contributed by atoms with E-state index in [2.05, 4.69) is 10.6 Å². The van der Waals surface area contributed by atoms with Crippen LogP contribution in [0.25, 0.3) is 0 Å². The summed E-state index contributed by atoms with van der Waals surface area (Å²) in [5.74, 6) is 0. The van der Waals surface area contributed by atoms with Crippen molar-refractivity contribution in [2.45, 2.75) is 26.4 Å². The van der Waals surface area contributed by atoms with Gasteiger partial charge in [0.05, 0.1) is 12.7 Å². The molecule has 1 atom stereocenters. The van der Waals surface area contributed by atoms with Gasteiger partial charge < -0.3 is 20.5 Å². The predicted molar refractivity (Wildman–Crippen MR) is 75.4 cm³/mol. The lowest BCUT2D eigenvalue weighted by Crippen LogP contribution is -2.32. The Kier molecular flexibility index (Phi) is 6.32. The molecule has 0 heterocycles. The predicted octanol–water partition coefficient (Wildman–Crippen LogP) is 1.82. The molecule has 1 aromatic rings. The smallest absolute Gasteiger partial charge is 0.319 e. The Morgan fingerprint density at radius 3 is 2.53 bits per heavy atom. The number of methoxy groups -OCH3 is 1. The topological polar surface area (TPSA) is 70.6 Å². The number of hydrogen-bond donors (Lipinski definition) is 3. The minimum Gasteiger partial charge on any atom is -0.391 e. The third-order valence-electron chi connectivity index (χ3n) is 2.60. The Hall–Kier alpha value is -1.59. The van der Waals surface area contributed by atoms with E-state index in [9.17, 15) is 9.90 Å². The van der Waals surface area contributed by atoms with Crippen LogP contribution in [0, 0.1) is 13.8 Å². The van der Waals surface area contributed by atoms with Crippen LogP contribution < -0.4 is 10.6 Å². The summed E-state index contributed by atoms with van der Waals surface area (Å²) >= 11 is 0. The molecule has 0 radical (unpaired) electrons. The van der Waals surface area contributed by atoms with Gasteiger partial charge in [-0.3, -0.25) is 0 Å². The number of carbonyl (C=O) groups is 1. The zero-order chi connectivity index (χ0) is 14.3. The van der Waals surface area contributed by atoms with Crippen LogP contribution in [-0.2, 0) is 4.74 Å². The van der Waals surface area contributed by atoms with Crippen molar-refractivity contribution in [3.05, 3.63) is 29.3 Å². The third-order valence-corrected chi connectivity index (χ3v) is 2.60. The van der Waals surface area contributed by atoms with Gasteiger partial charge in [-0.15, -0.1) is 0 Å². The first kappa shape index (κ1) is 15.5. The number of aliphatic hydroxyl groups excluding tert-OH is 1. The Balaban J connectivity index is 2.35. The van der Waals surface area contributed by atoms with E-state index >= 15 is 0 Å². The normalized spacial score (nSPS) is 12.0.